The minimum absolute atomic E-state index is 0.121. The van der Waals surface area contributed by atoms with Crippen LogP contribution >= 0.6 is 0 Å². The highest BCUT2D eigenvalue weighted by Gasteiger charge is 2.11. The number of hydrogen-bond donors (Lipinski definition) is 3. The molecule has 5 nitrogen and oxygen atoms in total. The third kappa shape index (κ3) is 4.32. The van der Waals surface area contributed by atoms with E-state index in [-0.39, 0.29) is 33.0 Å². The highest BCUT2D eigenvalue weighted by atomic mass is 32.2. The van der Waals surface area contributed by atoms with Gasteiger partial charge in [0, 0.05) is 16.7 Å². The number of amides is 1. The summed E-state index contributed by atoms with van der Waals surface area (Å²) in [6.45, 7) is 0. The Balaban J connectivity index is 1.99. The van der Waals surface area contributed by atoms with Gasteiger partial charge >= 0.3 is 0 Å². The van der Waals surface area contributed by atoms with Crippen LogP contribution in [0.3, 0.4) is 0 Å². The molecule has 3 aromatic carbocycles. The largest absolute Gasteiger partial charge is 0.397 e. The summed E-state index contributed by atoms with van der Waals surface area (Å²) in [6, 6.07) is 7.27. The molecule has 0 aliphatic heterocycles. The molecule has 0 aliphatic rings. The number of halogens is 1. The normalized spacial score (nSPS) is 15.0. The molecule has 0 spiro atoms. The molecule has 0 bridgehead atoms. The minimum atomic E-state index is -2.91. The molecule has 0 saturated carbocycles. The van der Waals surface area contributed by atoms with Gasteiger partial charge in [-0.05, 0) is 59.6 Å². The molecule has 7 heteroatoms. The summed E-state index contributed by atoms with van der Waals surface area (Å²) in [7, 11) is -2.91. The maximum atomic E-state index is 13.8. The van der Waals surface area contributed by atoms with Gasteiger partial charge < -0.3 is 11.1 Å². The molecule has 1 unspecified atom stereocenters. The second-order valence-corrected chi connectivity index (χ2v) is 7.97. The number of rotatable bonds is 4. The minimum Gasteiger partial charge on any atom is -0.397 e. The molecule has 4 N–H and O–H groups in total. The van der Waals surface area contributed by atoms with Crippen LogP contribution in [0.2, 0.25) is 0 Å². The Morgan fingerprint density at radius 2 is 1.74 bits per heavy atom. The lowest BCUT2D eigenvalue weighted by molar-refractivity contribution is 0.102. The zero-order valence-corrected chi connectivity index (χ0v) is 15.0. The van der Waals surface area contributed by atoms with Crippen molar-refractivity contribution in [2.75, 3.05) is 17.3 Å². The number of anilines is 2. The molecule has 0 aromatic heterocycles. The average Bonchev–Trinajstić information content (AvgIpc) is 2.72. The zero-order chi connectivity index (χ0) is 23.1. The molecular formula is C20H18FN3O2S. The van der Waals surface area contributed by atoms with E-state index in [1.165, 1.54) is 48.7 Å². The number of carbonyl (C=O) groups excluding carboxylic acids is 1. The topological polar surface area (TPSA) is 96.0 Å². The molecule has 0 aliphatic carbocycles. The van der Waals surface area contributed by atoms with Gasteiger partial charge in [0.05, 0.1) is 26.6 Å². The Kier molecular flexibility index (Phi) is 3.72. The molecule has 1 atom stereocenters. The molecule has 0 fully saturated rings. The first-order chi connectivity index (χ1) is 14.4. The van der Waals surface area contributed by atoms with Crippen molar-refractivity contribution in [2.24, 2.45) is 0 Å². The summed E-state index contributed by atoms with van der Waals surface area (Å²) in [4.78, 5) is 12.9. The molecule has 1 amide bonds. The van der Waals surface area contributed by atoms with Crippen molar-refractivity contribution in [1.82, 2.24) is 0 Å². The third-order valence-corrected chi connectivity index (χ3v) is 4.92. The summed E-state index contributed by atoms with van der Waals surface area (Å²) in [5, 5.41) is 2.60. The maximum absolute atomic E-state index is 13.8. The van der Waals surface area contributed by atoms with Crippen molar-refractivity contribution < 1.29 is 18.9 Å². The Labute approximate surface area is 162 Å². The van der Waals surface area contributed by atoms with Crippen LogP contribution in [0.5, 0.6) is 0 Å². The first kappa shape index (κ1) is 13.9. The van der Waals surface area contributed by atoms with Crippen LogP contribution in [0.15, 0.2) is 71.5 Å². The van der Waals surface area contributed by atoms with Crippen molar-refractivity contribution >= 4 is 27.0 Å². The monoisotopic (exact) mass is 387 g/mol. The van der Waals surface area contributed by atoms with Crippen molar-refractivity contribution in [3.63, 3.8) is 0 Å². The summed E-state index contributed by atoms with van der Waals surface area (Å²) in [6.07, 6.45) is 1.27. The van der Waals surface area contributed by atoms with Gasteiger partial charge in [-0.3, -0.25) is 4.79 Å². The van der Waals surface area contributed by atoms with E-state index in [4.69, 9.17) is 16.0 Å². The van der Waals surface area contributed by atoms with Gasteiger partial charge in [-0.2, -0.15) is 0 Å². The van der Waals surface area contributed by atoms with Crippen LogP contribution in [-0.4, -0.2) is 16.4 Å². The second-order valence-electron chi connectivity index (χ2n) is 5.81. The summed E-state index contributed by atoms with van der Waals surface area (Å²) >= 11 is 0. The van der Waals surface area contributed by atoms with Crippen molar-refractivity contribution in [2.45, 2.75) is 4.90 Å². The summed E-state index contributed by atoms with van der Waals surface area (Å²) < 4.78 is 64.5. The molecule has 3 rings (SSSR count). The lowest BCUT2D eigenvalue weighted by Gasteiger charge is -2.11. The smallest absolute Gasteiger partial charge is 0.255 e. The second kappa shape index (κ2) is 7.20. The van der Waals surface area contributed by atoms with Crippen molar-refractivity contribution in [3.8, 4) is 11.1 Å². The fourth-order valence-corrected chi connectivity index (χ4v) is 2.98. The van der Waals surface area contributed by atoms with Gasteiger partial charge in [0.1, 0.15) is 5.82 Å². The van der Waals surface area contributed by atoms with E-state index in [1.807, 2.05) is 0 Å². The Bertz CT molecular complexity index is 1280. The molecule has 3 aromatic rings. The van der Waals surface area contributed by atoms with E-state index in [2.05, 4.69) is 5.32 Å². The number of nitrogen functional groups attached to an aromatic ring is 1. The fraction of sp³-hybridized carbons (Fsp3) is 0.0500. The maximum Gasteiger partial charge on any atom is 0.255 e. The van der Waals surface area contributed by atoms with E-state index in [0.717, 1.165) is 0 Å². The standard InChI is InChI=1S/C20H18FN3O2S/c1-27(23,26)17-9-4-14(5-10-17)20(25)24-19-12-15(6-11-18(19)22)13-2-7-16(21)8-3-13/h2-12,23H,22H2,1H3,(H,24,25)/i2D,3D,7D,8D. The SMILES string of the molecule is [2H]c1c([2H])c(-c2ccc(N)c(NC(=O)c3ccc(S(C)(=N)=O)cc3)c2)c([2H])c([2H])c1F. The average molecular weight is 387 g/mol. The van der Waals surface area contributed by atoms with Gasteiger partial charge in [0.25, 0.3) is 5.91 Å². The van der Waals surface area contributed by atoms with E-state index in [9.17, 15) is 13.4 Å². The van der Waals surface area contributed by atoms with Crippen molar-refractivity contribution in [1.29, 1.82) is 4.78 Å². The van der Waals surface area contributed by atoms with E-state index in [1.54, 1.807) is 0 Å². The van der Waals surface area contributed by atoms with Gasteiger partial charge in [0.2, 0.25) is 0 Å². The lowest BCUT2D eigenvalue weighted by atomic mass is 10.0. The highest BCUT2D eigenvalue weighted by Crippen LogP contribution is 2.28. The van der Waals surface area contributed by atoms with E-state index in [0.29, 0.717) is 0 Å². The molecule has 0 saturated heterocycles. The van der Waals surface area contributed by atoms with Gasteiger partial charge in [0.15, 0.2) is 0 Å². The van der Waals surface area contributed by atoms with Gasteiger partial charge in [-0.15, -0.1) is 0 Å². The molecule has 0 heterocycles. The Hall–Kier alpha value is -3.19. The van der Waals surface area contributed by atoms with E-state index < -0.39 is 45.6 Å². The first-order valence-electron chi connectivity index (χ1n) is 9.72. The van der Waals surface area contributed by atoms with Crippen LogP contribution in [-0.2, 0) is 9.73 Å². The zero-order valence-electron chi connectivity index (χ0n) is 18.2. The number of carbonyl (C=O) groups is 1. The predicted molar refractivity (Wildman–Crippen MR) is 106 cm³/mol. The summed E-state index contributed by atoms with van der Waals surface area (Å²) in [5.74, 6) is -1.78. The predicted octanol–water partition coefficient (Wildman–Crippen LogP) is 4.36. The number of benzene rings is 3. The molecule has 27 heavy (non-hydrogen) atoms. The van der Waals surface area contributed by atoms with E-state index >= 15 is 0 Å². The van der Waals surface area contributed by atoms with Crippen molar-refractivity contribution in [3.05, 3.63) is 78.0 Å². The number of nitrogens with one attached hydrogen (secondary N) is 2. The van der Waals surface area contributed by atoms with Crippen LogP contribution in [0.25, 0.3) is 11.1 Å². The van der Waals surface area contributed by atoms with Crippen LogP contribution in [0, 0.1) is 10.6 Å². The van der Waals surface area contributed by atoms with Gasteiger partial charge in [-0.25, -0.2) is 13.4 Å². The van der Waals surface area contributed by atoms with Crippen LogP contribution in [0.4, 0.5) is 15.8 Å². The Morgan fingerprint density at radius 1 is 1.11 bits per heavy atom. The molecule has 0 radical (unpaired) electrons. The van der Waals surface area contributed by atoms with Gasteiger partial charge in [-0.1, -0.05) is 18.2 Å². The van der Waals surface area contributed by atoms with Crippen LogP contribution < -0.4 is 11.1 Å². The first-order valence-corrected chi connectivity index (χ1v) is 9.69. The highest BCUT2D eigenvalue weighted by molar-refractivity contribution is 7.91. The molecule has 138 valence electrons. The summed E-state index contributed by atoms with van der Waals surface area (Å²) in [5.41, 5.74) is 6.60. The number of nitrogens with two attached hydrogens (primary N) is 1. The fourth-order valence-electron chi connectivity index (χ4n) is 2.32. The quantitative estimate of drug-likeness (QED) is 0.580. The third-order valence-electron chi connectivity index (χ3n) is 3.75. The molecular weight excluding hydrogens is 365 g/mol. The number of hydrogen-bond acceptors (Lipinski definition) is 4. The Morgan fingerprint density at radius 3 is 2.33 bits per heavy atom. The van der Waals surface area contributed by atoms with Crippen LogP contribution in [0.1, 0.15) is 15.8 Å². The lowest BCUT2D eigenvalue weighted by Crippen LogP contribution is -2.13.